The molecule has 1 aromatic rings. The van der Waals surface area contributed by atoms with Crippen LogP contribution in [0.4, 0.5) is 10.5 Å². The lowest BCUT2D eigenvalue weighted by Crippen LogP contribution is -2.53. The quantitative estimate of drug-likeness (QED) is 0.368. The van der Waals surface area contributed by atoms with Crippen molar-refractivity contribution >= 4 is 29.6 Å². The second-order valence-electron chi connectivity index (χ2n) is 11.0. The summed E-state index contributed by atoms with van der Waals surface area (Å²) >= 11 is 0. The Balaban J connectivity index is 1.60. The van der Waals surface area contributed by atoms with Gasteiger partial charge in [0.1, 0.15) is 12.3 Å². The molecule has 0 unspecified atom stereocenters. The van der Waals surface area contributed by atoms with Crippen molar-refractivity contribution in [3.05, 3.63) is 23.8 Å². The van der Waals surface area contributed by atoms with Gasteiger partial charge in [-0.2, -0.15) is 0 Å². The third-order valence-electron chi connectivity index (χ3n) is 6.60. The van der Waals surface area contributed by atoms with Crippen molar-refractivity contribution in [2.75, 3.05) is 26.8 Å². The fourth-order valence-corrected chi connectivity index (χ4v) is 4.69. The summed E-state index contributed by atoms with van der Waals surface area (Å²) < 4.78 is 11.1. The minimum absolute atomic E-state index is 0.0520. The molecule has 1 heterocycles. The average molecular weight is 530 g/mol. The van der Waals surface area contributed by atoms with Crippen LogP contribution >= 0.6 is 0 Å². The molecule has 0 radical (unpaired) electrons. The molecule has 1 fully saturated rings. The summed E-state index contributed by atoms with van der Waals surface area (Å²) in [7, 11) is 1.92. The van der Waals surface area contributed by atoms with Gasteiger partial charge in [-0.25, -0.2) is 9.79 Å². The minimum Gasteiger partial charge on any atom is -0.494 e. The van der Waals surface area contributed by atoms with Crippen LogP contribution in [-0.4, -0.2) is 72.1 Å². The number of nitrogens with zero attached hydrogens (tertiary/aromatic N) is 3. The number of benzene rings is 1. The lowest BCUT2D eigenvalue weighted by Gasteiger charge is -2.31. The van der Waals surface area contributed by atoms with Crippen LogP contribution in [0.3, 0.4) is 0 Å². The van der Waals surface area contributed by atoms with Crippen LogP contribution in [0, 0.1) is 0 Å². The third kappa shape index (κ3) is 8.92. The number of nitrogens with one attached hydrogen (secondary N) is 2. The number of carbonyl (C=O) groups is 3. The molecule has 0 spiro atoms. The number of guanidine groups is 1. The number of carbonyl (C=O) groups excluding carboxylic acids is 3. The second kappa shape index (κ2) is 13.5. The number of aliphatic imine (C=N–C) groups is 1. The van der Waals surface area contributed by atoms with E-state index in [0.717, 1.165) is 18.4 Å². The van der Waals surface area contributed by atoms with E-state index in [1.54, 1.807) is 11.8 Å². The van der Waals surface area contributed by atoms with E-state index in [1.165, 1.54) is 19.3 Å². The highest BCUT2D eigenvalue weighted by molar-refractivity contribution is 5.99. The molecule has 0 aromatic heterocycles. The molecule has 3 amide bonds. The SMILES string of the molecule is CCOC(=O)CN1Cc2cc(OCCCC(=O)N(C)C3CCCCC3)ccc2N=C1NC(=O)NC(C)(C)C. The molecular weight excluding hydrogens is 486 g/mol. The van der Waals surface area contributed by atoms with Crippen LogP contribution in [-0.2, 0) is 20.9 Å². The van der Waals surface area contributed by atoms with Crippen LogP contribution < -0.4 is 15.4 Å². The van der Waals surface area contributed by atoms with E-state index in [9.17, 15) is 14.4 Å². The molecule has 1 saturated carbocycles. The van der Waals surface area contributed by atoms with Gasteiger partial charge in [-0.05, 0) is 65.2 Å². The van der Waals surface area contributed by atoms with Crippen molar-refractivity contribution in [3.63, 3.8) is 0 Å². The average Bonchev–Trinajstić information content (AvgIpc) is 2.86. The first kappa shape index (κ1) is 29.3. The number of fused-ring (bicyclic) bond motifs is 1. The van der Waals surface area contributed by atoms with Gasteiger partial charge in [0.25, 0.3) is 0 Å². The Bertz CT molecular complexity index is 1010. The first-order valence-electron chi connectivity index (χ1n) is 13.7. The largest absolute Gasteiger partial charge is 0.494 e. The lowest BCUT2D eigenvalue weighted by molar-refractivity contribution is -0.143. The van der Waals surface area contributed by atoms with Gasteiger partial charge in [-0.15, -0.1) is 0 Å². The first-order chi connectivity index (χ1) is 18.1. The van der Waals surface area contributed by atoms with Crippen LogP contribution in [0.15, 0.2) is 23.2 Å². The Hall–Kier alpha value is -3.30. The summed E-state index contributed by atoms with van der Waals surface area (Å²) in [5, 5.41) is 5.60. The maximum atomic E-state index is 12.6. The van der Waals surface area contributed by atoms with E-state index in [-0.39, 0.29) is 25.0 Å². The highest BCUT2D eigenvalue weighted by Gasteiger charge is 2.26. The van der Waals surface area contributed by atoms with E-state index >= 15 is 0 Å². The molecular formula is C28H43N5O5. The van der Waals surface area contributed by atoms with E-state index in [4.69, 9.17) is 9.47 Å². The van der Waals surface area contributed by atoms with Gasteiger partial charge in [0.05, 0.1) is 18.9 Å². The summed E-state index contributed by atoms with van der Waals surface area (Å²) in [6, 6.07) is 5.51. The van der Waals surface area contributed by atoms with Crippen LogP contribution in [0.2, 0.25) is 0 Å². The number of hydrogen-bond donors (Lipinski definition) is 2. The Labute approximate surface area is 226 Å². The normalized spacial score (nSPS) is 15.7. The van der Waals surface area contributed by atoms with Gasteiger partial charge in [-0.1, -0.05) is 19.3 Å². The van der Waals surface area contributed by atoms with Crippen molar-refractivity contribution in [2.24, 2.45) is 4.99 Å². The minimum atomic E-state index is -0.425. The highest BCUT2D eigenvalue weighted by Crippen LogP contribution is 2.30. The predicted octanol–water partition coefficient (Wildman–Crippen LogP) is 4.10. The predicted molar refractivity (Wildman–Crippen MR) is 146 cm³/mol. The maximum absolute atomic E-state index is 12.6. The van der Waals surface area contributed by atoms with Crippen molar-refractivity contribution < 1.29 is 23.9 Å². The molecule has 210 valence electrons. The van der Waals surface area contributed by atoms with Crippen molar-refractivity contribution in [3.8, 4) is 5.75 Å². The zero-order chi connectivity index (χ0) is 27.7. The van der Waals surface area contributed by atoms with Gasteiger partial charge < -0.3 is 24.6 Å². The fraction of sp³-hybridized carbons (Fsp3) is 0.643. The number of hydrogen-bond acceptors (Lipinski definition) is 7. The number of urea groups is 1. The molecule has 0 bridgehead atoms. The van der Waals surface area contributed by atoms with Gasteiger partial charge in [0.15, 0.2) is 0 Å². The molecule has 1 aliphatic heterocycles. The zero-order valence-electron chi connectivity index (χ0n) is 23.5. The van der Waals surface area contributed by atoms with Crippen LogP contribution in [0.1, 0.15) is 78.2 Å². The van der Waals surface area contributed by atoms with E-state index in [0.29, 0.717) is 43.5 Å². The lowest BCUT2D eigenvalue weighted by atomic mass is 9.94. The summed E-state index contributed by atoms with van der Waals surface area (Å²) in [6.07, 6.45) is 6.96. The van der Waals surface area contributed by atoms with Crippen LogP contribution in [0.5, 0.6) is 5.75 Å². The second-order valence-corrected chi connectivity index (χ2v) is 11.0. The molecule has 0 saturated heterocycles. The van der Waals surface area contributed by atoms with E-state index in [1.807, 2.05) is 50.9 Å². The van der Waals surface area contributed by atoms with Gasteiger partial charge in [0.2, 0.25) is 11.9 Å². The van der Waals surface area contributed by atoms with Crippen molar-refractivity contribution in [2.45, 2.75) is 90.8 Å². The van der Waals surface area contributed by atoms with Crippen LogP contribution in [0.25, 0.3) is 0 Å². The van der Waals surface area contributed by atoms with Gasteiger partial charge >= 0.3 is 12.0 Å². The topological polar surface area (TPSA) is 113 Å². The summed E-state index contributed by atoms with van der Waals surface area (Å²) in [5.41, 5.74) is 1.13. The number of ether oxygens (including phenoxy) is 2. The Morgan fingerprint density at radius 1 is 1.16 bits per heavy atom. The maximum Gasteiger partial charge on any atom is 0.325 e. The molecule has 1 aliphatic carbocycles. The first-order valence-corrected chi connectivity index (χ1v) is 13.7. The highest BCUT2D eigenvalue weighted by atomic mass is 16.5. The zero-order valence-corrected chi connectivity index (χ0v) is 23.5. The van der Waals surface area contributed by atoms with Crippen molar-refractivity contribution in [1.29, 1.82) is 0 Å². The monoisotopic (exact) mass is 529 g/mol. The standard InChI is InChI=1S/C28H43N5O5/c1-6-37-25(35)19-33-18-20-17-22(14-15-23(20)29-26(33)30-27(36)31-28(2,3)4)38-16-10-13-24(34)32(5)21-11-8-7-9-12-21/h14-15,17,21H,6-13,16,18-19H2,1-5H3,(H2,29,30,31,36). The molecule has 10 nitrogen and oxygen atoms in total. The van der Waals surface area contributed by atoms with Gasteiger partial charge in [-0.3, -0.25) is 14.9 Å². The summed E-state index contributed by atoms with van der Waals surface area (Å²) in [4.78, 5) is 45.5. The van der Waals surface area contributed by atoms with Crippen molar-refractivity contribution in [1.82, 2.24) is 20.4 Å². The smallest absolute Gasteiger partial charge is 0.325 e. The Kier molecular flexibility index (Phi) is 10.4. The number of amides is 3. The molecule has 38 heavy (non-hydrogen) atoms. The third-order valence-corrected chi connectivity index (χ3v) is 6.60. The molecule has 3 rings (SSSR count). The Morgan fingerprint density at radius 2 is 1.89 bits per heavy atom. The fourth-order valence-electron chi connectivity index (χ4n) is 4.69. The molecule has 2 aliphatic rings. The molecule has 1 aromatic carbocycles. The summed E-state index contributed by atoms with van der Waals surface area (Å²) in [6.45, 7) is 8.39. The number of rotatable bonds is 9. The summed E-state index contributed by atoms with van der Waals surface area (Å²) in [5.74, 6) is 0.717. The van der Waals surface area contributed by atoms with E-state index in [2.05, 4.69) is 15.6 Å². The molecule has 2 N–H and O–H groups in total. The molecule has 0 atom stereocenters. The Morgan fingerprint density at radius 3 is 2.58 bits per heavy atom. The van der Waals surface area contributed by atoms with E-state index < -0.39 is 17.5 Å². The van der Waals surface area contributed by atoms with Gasteiger partial charge in [0, 0.05) is 37.2 Å². The number of esters is 1. The molecule has 10 heteroatoms.